The molecule has 1 heterocycles. The lowest BCUT2D eigenvalue weighted by atomic mass is 9.92. The molecule has 1 amide bonds. The second kappa shape index (κ2) is 6.05. The maximum absolute atomic E-state index is 12.0. The molecule has 2 aromatic rings. The summed E-state index contributed by atoms with van der Waals surface area (Å²) in [4.78, 5) is 12.0. The number of aliphatic hydroxyl groups is 1. The molecular weight excluding hydrogens is 268 g/mol. The summed E-state index contributed by atoms with van der Waals surface area (Å²) < 4.78 is 1.54. The van der Waals surface area contributed by atoms with Gasteiger partial charge in [0.1, 0.15) is 0 Å². The molecule has 0 aliphatic rings. The quantitative estimate of drug-likeness (QED) is 0.871. The summed E-state index contributed by atoms with van der Waals surface area (Å²) in [7, 11) is 0. The summed E-state index contributed by atoms with van der Waals surface area (Å²) in [5, 5.41) is 20.6. The van der Waals surface area contributed by atoms with Crippen LogP contribution in [0.2, 0.25) is 0 Å². The second-order valence-corrected chi connectivity index (χ2v) is 5.58. The van der Waals surface area contributed by atoms with Crippen molar-refractivity contribution in [2.45, 2.75) is 26.4 Å². The van der Waals surface area contributed by atoms with Gasteiger partial charge >= 0.3 is 0 Å². The third kappa shape index (κ3) is 3.66. The molecule has 1 aromatic carbocycles. The number of carbonyl (C=O) groups is 1. The lowest BCUT2D eigenvalue weighted by Crippen LogP contribution is -2.44. The summed E-state index contributed by atoms with van der Waals surface area (Å²) in [6, 6.07) is 9.43. The largest absolute Gasteiger partial charge is 0.388 e. The van der Waals surface area contributed by atoms with E-state index in [1.54, 1.807) is 13.1 Å². The topological polar surface area (TPSA) is 80.0 Å². The van der Waals surface area contributed by atoms with Crippen LogP contribution < -0.4 is 5.32 Å². The predicted octanol–water partition coefficient (Wildman–Crippen LogP) is 1.40. The van der Waals surface area contributed by atoms with Crippen LogP contribution in [0.5, 0.6) is 0 Å². The summed E-state index contributed by atoms with van der Waals surface area (Å²) >= 11 is 0. The normalized spacial score (nSPS) is 14.0. The Bertz CT molecular complexity index is 605. The van der Waals surface area contributed by atoms with Crippen LogP contribution in [0, 0.1) is 5.92 Å². The molecule has 6 heteroatoms. The minimum atomic E-state index is -0.953. The molecule has 21 heavy (non-hydrogen) atoms. The first-order valence-electron chi connectivity index (χ1n) is 6.88. The minimum absolute atomic E-state index is 0.0396. The van der Waals surface area contributed by atoms with E-state index in [0.717, 1.165) is 5.69 Å². The van der Waals surface area contributed by atoms with Gasteiger partial charge in [-0.05, 0) is 25.0 Å². The number of hydrogen-bond acceptors (Lipinski definition) is 4. The van der Waals surface area contributed by atoms with Gasteiger partial charge in [0.2, 0.25) is 0 Å². The average molecular weight is 288 g/mol. The number of rotatable bonds is 5. The van der Waals surface area contributed by atoms with Crippen molar-refractivity contribution < 1.29 is 9.90 Å². The van der Waals surface area contributed by atoms with E-state index in [2.05, 4.69) is 15.6 Å². The van der Waals surface area contributed by atoms with Gasteiger partial charge in [-0.15, -0.1) is 5.10 Å². The van der Waals surface area contributed by atoms with Crippen molar-refractivity contribution in [1.29, 1.82) is 0 Å². The first-order valence-corrected chi connectivity index (χ1v) is 6.88. The Kier molecular flexibility index (Phi) is 4.37. The lowest BCUT2D eigenvalue weighted by Gasteiger charge is -2.27. The van der Waals surface area contributed by atoms with Gasteiger partial charge in [-0.1, -0.05) is 37.3 Å². The molecule has 1 atom stereocenters. The molecule has 0 aliphatic carbocycles. The van der Waals surface area contributed by atoms with Gasteiger partial charge in [-0.2, -0.15) is 0 Å². The van der Waals surface area contributed by atoms with E-state index in [-0.39, 0.29) is 24.1 Å². The number of amides is 1. The van der Waals surface area contributed by atoms with Crippen molar-refractivity contribution in [1.82, 2.24) is 20.3 Å². The van der Waals surface area contributed by atoms with Gasteiger partial charge in [0.15, 0.2) is 5.69 Å². The van der Waals surface area contributed by atoms with E-state index in [1.807, 2.05) is 44.2 Å². The number of benzene rings is 1. The van der Waals surface area contributed by atoms with Crippen molar-refractivity contribution >= 4 is 5.91 Å². The van der Waals surface area contributed by atoms with Crippen LogP contribution in [0.1, 0.15) is 31.3 Å². The molecule has 0 bridgehead atoms. The molecule has 0 saturated heterocycles. The zero-order chi connectivity index (χ0) is 15.5. The van der Waals surface area contributed by atoms with Crippen molar-refractivity contribution in [3.8, 4) is 5.69 Å². The molecule has 0 fully saturated rings. The van der Waals surface area contributed by atoms with E-state index in [4.69, 9.17) is 0 Å². The molecule has 0 aliphatic heterocycles. The standard InChI is InChI=1S/C15H20N4O2/c1-11(2)15(3,21)10-16-14(20)13-9-19(18-17-13)12-7-5-4-6-8-12/h4-9,11,21H,10H2,1-3H3,(H,16,20). The number of hydrogen-bond donors (Lipinski definition) is 2. The zero-order valence-corrected chi connectivity index (χ0v) is 12.4. The highest BCUT2D eigenvalue weighted by Gasteiger charge is 2.26. The highest BCUT2D eigenvalue weighted by Crippen LogP contribution is 2.14. The van der Waals surface area contributed by atoms with Crippen LogP contribution in [0.4, 0.5) is 0 Å². The Morgan fingerprint density at radius 3 is 2.67 bits per heavy atom. The van der Waals surface area contributed by atoms with Gasteiger partial charge in [-0.3, -0.25) is 4.79 Å². The first-order chi connectivity index (χ1) is 9.90. The molecule has 1 aromatic heterocycles. The van der Waals surface area contributed by atoms with E-state index >= 15 is 0 Å². The van der Waals surface area contributed by atoms with E-state index < -0.39 is 5.60 Å². The molecule has 0 saturated carbocycles. The summed E-state index contributed by atoms with van der Waals surface area (Å²) in [6.07, 6.45) is 1.56. The fraction of sp³-hybridized carbons (Fsp3) is 0.400. The van der Waals surface area contributed by atoms with E-state index in [0.29, 0.717) is 0 Å². The SMILES string of the molecule is CC(C)C(C)(O)CNC(=O)c1cn(-c2ccccc2)nn1. The van der Waals surface area contributed by atoms with Gasteiger partial charge in [0.05, 0.1) is 17.5 Å². The van der Waals surface area contributed by atoms with Crippen molar-refractivity contribution in [3.63, 3.8) is 0 Å². The maximum Gasteiger partial charge on any atom is 0.273 e. The van der Waals surface area contributed by atoms with Gasteiger partial charge in [-0.25, -0.2) is 4.68 Å². The molecule has 2 N–H and O–H groups in total. The van der Waals surface area contributed by atoms with Gasteiger partial charge in [0.25, 0.3) is 5.91 Å². The Morgan fingerprint density at radius 2 is 2.05 bits per heavy atom. The van der Waals surface area contributed by atoms with Gasteiger partial charge in [0, 0.05) is 6.54 Å². The number of nitrogens with zero attached hydrogens (tertiary/aromatic N) is 3. The molecule has 2 rings (SSSR count). The molecular formula is C15H20N4O2. The van der Waals surface area contributed by atoms with E-state index in [9.17, 15) is 9.90 Å². The van der Waals surface area contributed by atoms with Crippen LogP contribution in [0.25, 0.3) is 5.69 Å². The Hall–Kier alpha value is -2.21. The summed E-state index contributed by atoms with van der Waals surface area (Å²) in [5.74, 6) is -0.309. The number of para-hydroxylation sites is 1. The smallest absolute Gasteiger partial charge is 0.273 e. The van der Waals surface area contributed by atoms with Crippen LogP contribution in [0.3, 0.4) is 0 Å². The second-order valence-electron chi connectivity index (χ2n) is 5.58. The van der Waals surface area contributed by atoms with Crippen LogP contribution >= 0.6 is 0 Å². The Morgan fingerprint density at radius 1 is 1.38 bits per heavy atom. The fourth-order valence-corrected chi connectivity index (χ4v) is 1.63. The number of nitrogens with one attached hydrogen (secondary N) is 1. The van der Waals surface area contributed by atoms with Crippen LogP contribution in [-0.2, 0) is 0 Å². The van der Waals surface area contributed by atoms with Crippen LogP contribution in [-0.4, -0.2) is 38.2 Å². The third-order valence-electron chi connectivity index (χ3n) is 3.60. The third-order valence-corrected chi connectivity index (χ3v) is 3.60. The Labute approximate surface area is 123 Å². The van der Waals surface area contributed by atoms with E-state index in [1.165, 1.54) is 4.68 Å². The summed E-state index contributed by atoms with van der Waals surface area (Å²) in [6.45, 7) is 5.66. The lowest BCUT2D eigenvalue weighted by molar-refractivity contribution is 0.0142. The molecule has 6 nitrogen and oxygen atoms in total. The van der Waals surface area contributed by atoms with Crippen molar-refractivity contribution in [3.05, 3.63) is 42.2 Å². The Balaban J connectivity index is 2.03. The average Bonchev–Trinajstić information content (AvgIpc) is 2.95. The van der Waals surface area contributed by atoms with Crippen molar-refractivity contribution in [2.24, 2.45) is 5.92 Å². The highest BCUT2D eigenvalue weighted by molar-refractivity contribution is 5.91. The van der Waals surface area contributed by atoms with Crippen molar-refractivity contribution in [2.75, 3.05) is 6.54 Å². The minimum Gasteiger partial charge on any atom is -0.388 e. The molecule has 0 spiro atoms. The van der Waals surface area contributed by atoms with Gasteiger partial charge < -0.3 is 10.4 Å². The molecule has 1 unspecified atom stereocenters. The highest BCUT2D eigenvalue weighted by atomic mass is 16.3. The fourth-order valence-electron chi connectivity index (χ4n) is 1.63. The first kappa shape index (κ1) is 15.2. The zero-order valence-electron chi connectivity index (χ0n) is 12.4. The summed E-state index contributed by atoms with van der Waals surface area (Å²) in [5.41, 5.74) is 0.0992. The monoisotopic (exact) mass is 288 g/mol. The molecule has 112 valence electrons. The predicted molar refractivity (Wildman–Crippen MR) is 79.2 cm³/mol. The number of aromatic nitrogens is 3. The maximum atomic E-state index is 12.0. The molecule has 0 radical (unpaired) electrons. The van der Waals surface area contributed by atoms with Crippen LogP contribution in [0.15, 0.2) is 36.5 Å². The number of carbonyl (C=O) groups excluding carboxylic acids is 1.